The molecule has 0 unspecified atom stereocenters. The molecule has 0 bridgehead atoms. The Bertz CT molecular complexity index is 1320. The number of benzene rings is 2. The lowest BCUT2D eigenvalue weighted by atomic mass is 10.2. The molecule has 146 valence electrons. The van der Waals surface area contributed by atoms with Crippen LogP contribution in [0.25, 0.3) is 16.8 Å². The van der Waals surface area contributed by atoms with Crippen LogP contribution in [0.2, 0.25) is 5.02 Å². The second-order valence-electron chi connectivity index (χ2n) is 6.14. The highest BCUT2D eigenvalue weighted by atomic mass is 35.5. The van der Waals surface area contributed by atoms with Crippen molar-refractivity contribution in [3.05, 3.63) is 81.1 Å². The quantitative estimate of drug-likeness (QED) is 0.511. The number of amides is 1. The fraction of sp³-hybridized carbons (Fsp3) is 0.0952. The van der Waals surface area contributed by atoms with E-state index in [1.54, 1.807) is 49.4 Å². The summed E-state index contributed by atoms with van der Waals surface area (Å²) in [5.74, 6) is -1.24. The number of nitrogens with one attached hydrogen (secondary N) is 1. The largest absolute Gasteiger partial charge is 0.462 e. The standard InChI is InChI=1S/C21H15ClN2O5/c1-2-28-21(27)13-11-15(23-18(25)12-7-3-4-8-14(12)22)19(26)24-16-9-5-6-10-17(16)29-20(13)24/h3-11H,2H2,1H3,(H,23,25). The van der Waals surface area contributed by atoms with Gasteiger partial charge >= 0.3 is 5.97 Å². The van der Waals surface area contributed by atoms with E-state index in [9.17, 15) is 14.4 Å². The molecule has 4 rings (SSSR count). The highest BCUT2D eigenvalue weighted by Gasteiger charge is 2.23. The zero-order valence-corrected chi connectivity index (χ0v) is 16.0. The first-order valence-electron chi connectivity index (χ1n) is 8.81. The van der Waals surface area contributed by atoms with Crippen molar-refractivity contribution in [1.82, 2.24) is 4.40 Å². The number of halogens is 1. The lowest BCUT2D eigenvalue weighted by molar-refractivity contribution is 0.0526. The molecule has 0 aliphatic heterocycles. The summed E-state index contributed by atoms with van der Waals surface area (Å²) in [7, 11) is 0. The minimum absolute atomic E-state index is 0.0251. The third kappa shape index (κ3) is 3.25. The number of aromatic nitrogens is 1. The normalized spacial score (nSPS) is 11.0. The van der Waals surface area contributed by atoms with Crippen molar-refractivity contribution < 1.29 is 18.7 Å². The maximum atomic E-state index is 13.1. The van der Waals surface area contributed by atoms with Gasteiger partial charge in [0.1, 0.15) is 11.3 Å². The van der Waals surface area contributed by atoms with Gasteiger partial charge in [-0.05, 0) is 37.3 Å². The van der Waals surface area contributed by atoms with Crippen molar-refractivity contribution in [2.24, 2.45) is 0 Å². The zero-order chi connectivity index (χ0) is 20.5. The molecule has 0 spiro atoms. The predicted octanol–water partition coefficient (Wildman–Crippen LogP) is 4.13. The van der Waals surface area contributed by atoms with E-state index in [1.165, 1.54) is 16.5 Å². The Hall–Kier alpha value is -3.58. The molecule has 0 saturated heterocycles. The molecule has 2 heterocycles. The molecular formula is C21H15ClN2O5. The summed E-state index contributed by atoms with van der Waals surface area (Å²) < 4.78 is 12.1. The van der Waals surface area contributed by atoms with Crippen LogP contribution in [-0.2, 0) is 4.74 Å². The third-order valence-electron chi connectivity index (χ3n) is 4.33. The molecule has 4 aromatic rings. The molecule has 1 amide bonds. The number of carbonyl (C=O) groups excluding carboxylic acids is 2. The van der Waals surface area contributed by atoms with E-state index in [-0.39, 0.29) is 34.2 Å². The van der Waals surface area contributed by atoms with Gasteiger partial charge in [-0.2, -0.15) is 0 Å². The molecule has 0 radical (unpaired) electrons. The van der Waals surface area contributed by atoms with Crippen LogP contribution in [0, 0.1) is 0 Å². The van der Waals surface area contributed by atoms with Crippen LogP contribution in [0.4, 0.5) is 5.69 Å². The zero-order valence-electron chi connectivity index (χ0n) is 15.3. The minimum atomic E-state index is -0.669. The van der Waals surface area contributed by atoms with Gasteiger partial charge in [0, 0.05) is 0 Å². The Morgan fingerprint density at radius 3 is 2.59 bits per heavy atom. The number of pyridine rings is 1. The van der Waals surface area contributed by atoms with Crippen LogP contribution < -0.4 is 10.9 Å². The Morgan fingerprint density at radius 2 is 1.83 bits per heavy atom. The van der Waals surface area contributed by atoms with Crippen molar-refractivity contribution in [1.29, 1.82) is 0 Å². The van der Waals surface area contributed by atoms with E-state index in [4.69, 9.17) is 20.8 Å². The molecule has 0 saturated carbocycles. The van der Waals surface area contributed by atoms with Crippen LogP contribution in [0.3, 0.4) is 0 Å². The number of nitrogens with zero attached hydrogens (tertiary/aromatic N) is 1. The lowest BCUT2D eigenvalue weighted by Gasteiger charge is -2.09. The average Bonchev–Trinajstić information content (AvgIpc) is 3.10. The number of anilines is 1. The third-order valence-corrected chi connectivity index (χ3v) is 4.66. The van der Waals surface area contributed by atoms with Crippen molar-refractivity contribution in [3.8, 4) is 0 Å². The topological polar surface area (TPSA) is 90.0 Å². The maximum Gasteiger partial charge on any atom is 0.343 e. The molecule has 0 aliphatic carbocycles. The van der Waals surface area contributed by atoms with Gasteiger partial charge in [-0.1, -0.05) is 35.9 Å². The first-order valence-corrected chi connectivity index (χ1v) is 9.19. The molecule has 2 aromatic heterocycles. The molecule has 7 nitrogen and oxygen atoms in total. The second kappa shape index (κ2) is 7.44. The highest BCUT2D eigenvalue weighted by molar-refractivity contribution is 6.34. The van der Waals surface area contributed by atoms with Gasteiger partial charge in [0.25, 0.3) is 11.5 Å². The van der Waals surface area contributed by atoms with Gasteiger partial charge in [-0.25, -0.2) is 9.20 Å². The van der Waals surface area contributed by atoms with E-state index in [2.05, 4.69) is 5.32 Å². The Morgan fingerprint density at radius 1 is 1.10 bits per heavy atom. The predicted molar refractivity (Wildman–Crippen MR) is 109 cm³/mol. The van der Waals surface area contributed by atoms with Crippen LogP contribution in [-0.4, -0.2) is 22.9 Å². The number of carbonyl (C=O) groups is 2. The van der Waals surface area contributed by atoms with E-state index in [0.29, 0.717) is 11.1 Å². The van der Waals surface area contributed by atoms with E-state index in [1.807, 2.05) is 0 Å². The molecule has 0 atom stereocenters. The number of para-hydroxylation sites is 2. The lowest BCUT2D eigenvalue weighted by Crippen LogP contribution is -2.24. The molecule has 8 heteroatoms. The molecule has 2 aromatic carbocycles. The van der Waals surface area contributed by atoms with Gasteiger partial charge in [0.15, 0.2) is 5.58 Å². The summed E-state index contributed by atoms with van der Waals surface area (Å²) in [5, 5.41) is 2.79. The smallest absolute Gasteiger partial charge is 0.343 e. The number of ether oxygens (including phenoxy) is 1. The number of hydrogen-bond donors (Lipinski definition) is 1. The fourth-order valence-corrected chi connectivity index (χ4v) is 3.25. The van der Waals surface area contributed by atoms with Gasteiger partial charge in [0.05, 0.1) is 22.7 Å². The van der Waals surface area contributed by atoms with Gasteiger partial charge in [-0.3, -0.25) is 9.59 Å². The van der Waals surface area contributed by atoms with Crippen molar-refractivity contribution in [3.63, 3.8) is 0 Å². The molecular weight excluding hydrogens is 396 g/mol. The van der Waals surface area contributed by atoms with Crippen LogP contribution >= 0.6 is 11.6 Å². The van der Waals surface area contributed by atoms with Crippen LogP contribution in [0.1, 0.15) is 27.6 Å². The second-order valence-corrected chi connectivity index (χ2v) is 6.55. The number of oxazole rings is 1. The van der Waals surface area contributed by atoms with E-state index in [0.717, 1.165) is 0 Å². The average molecular weight is 411 g/mol. The summed E-state index contributed by atoms with van der Waals surface area (Å²) in [5.41, 5.74) is 0.521. The SMILES string of the molecule is CCOC(=O)c1cc(NC(=O)c2ccccc2Cl)c(=O)n2c1oc1ccccc12. The van der Waals surface area contributed by atoms with E-state index < -0.39 is 17.4 Å². The number of fused-ring (bicyclic) bond motifs is 3. The van der Waals surface area contributed by atoms with Gasteiger partial charge < -0.3 is 14.5 Å². The molecule has 0 fully saturated rings. The number of esters is 1. The number of rotatable bonds is 4. The summed E-state index contributed by atoms with van der Waals surface area (Å²) >= 11 is 6.07. The Balaban J connectivity index is 1.92. The molecule has 0 aliphatic rings. The van der Waals surface area contributed by atoms with E-state index >= 15 is 0 Å². The van der Waals surface area contributed by atoms with Crippen LogP contribution in [0.15, 0.2) is 63.8 Å². The van der Waals surface area contributed by atoms with Crippen molar-refractivity contribution in [2.75, 3.05) is 11.9 Å². The Labute approximate surface area is 169 Å². The van der Waals surface area contributed by atoms with Crippen molar-refractivity contribution >= 4 is 46.0 Å². The maximum absolute atomic E-state index is 13.1. The molecule has 1 N–H and O–H groups in total. The first kappa shape index (κ1) is 18.8. The summed E-state index contributed by atoms with van der Waals surface area (Å²) in [6, 6.07) is 14.6. The first-order chi connectivity index (χ1) is 14.0. The number of hydrogen-bond acceptors (Lipinski definition) is 5. The summed E-state index contributed by atoms with van der Waals surface area (Å²) in [6.45, 7) is 1.81. The monoisotopic (exact) mass is 410 g/mol. The minimum Gasteiger partial charge on any atom is -0.462 e. The van der Waals surface area contributed by atoms with Crippen LogP contribution in [0.5, 0.6) is 0 Å². The van der Waals surface area contributed by atoms with Gasteiger partial charge in [-0.15, -0.1) is 0 Å². The van der Waals surface area contributed by atoms with Crippen molar-refractivity contribution in [2.45, 2.75) is 6.92 Å². The summed E-state index contributed by atoms with van der Waals surface area (Å²) in [6.07, 6.45) is 0. The molecule has 29 heavy (non-hydrogen) atoms. The van der Waals surface area contributed by atoms with Gasteiger partial charge in [0.2, 0.25) is 5.71 Å². The summed E-state index contributed by atoms with van der Waals surface area (Å²) in [4.78, 5) is 38.2. The fourth-order valence-electron chi connectivity index (χ4n) is 3.03. The Kier molecular flexibility index (Phi) is 4.82. The highest BCUT2D eigenvalue weighted by Crippen LogP contribution is 2.24.